The fourth-order valence-corrected chi connectivity index (χ4v) is 2.43. The highest BCUT2D eigenvalue weighted by molar-refractivity contribution is 5.72. The van der Waals surface area contributed by atoms with Gasteiger partial charge < -0.3 is 20.4 Å². The third-order valence-electron chi connectivity index (χ3n) is 3.67. The van der Waals surface area contributed by atoms with Crippen LogP contribution >= 0.6 is 0 Å². The maximum Gasteiger partial charge on any atom is 0.407 e. The number of alkyl carbamates (subject to hydrolysis) is 1. The van der Waals surface area contributed by atoms with Crippen LogP contribution in [0.1, 0.15) is 48.0 Å². The molecule has 2 N–H and O–H groups in total. The first kappa shape index (κ1) is 25.1. The number of allylic oxidation sites excluding steroid dienone is 2. The molecule has 0 saturated carbocycles. The Balaban J connectivity index is 4.95. The lowest BCUT2D eigenvalue weighted by molar-refractivity contribution is 0.0498. The SMILES string of the molecule is CC/C=C\C(C)CN(CN(C)/C=C(/F)C=N)[C@@H](C)CNC(=O)OC(C)(C)C. The molecule has 0 aliphatic heterocycles. The van der Waals surface area contributed by atoms with Crippen molar-refractivity contribution in [3.05, 3.63) is 24.2 Å². The van der Waals surface area contributed by atoms with E-state index in [1.807, 2.05) is 27.7 Å². The average molecular weight is 385 g/mol. The second kappa shape index (κ2) is 12.5. The van der Waals surface area contributed by atoms with Gasteiger partial charge in [-0.1, -0.05) is 26.0 Å². The van der Waals surface area contributed by atoms with E-state index in [2.05, 4.69) is 36.2 Å². The van der Waals surface area contributed by atoms with Crippen molar-refractivity contribution in [2.45, 2.75) is 59.6 Å². The van der Waals surface area contributed by atoms with Gasteiger partial charge in [0.2, 0.25) is 0 Å². The van der Waals surface area contributed by atoms with Gasteiger partial charge in [0.15, 0.2) is 5.83 Å². The molecular formula is C20H37FN4O2. The summed E-state index contributed by atoms with van der Waals surface area (Å²) in [6.45, 7) is 13.4. The van der Waals surface area contributed by atoms with E-state index in [0.717, 1.165) is 13.0 Å². The van der Waals surface area contributed by atoms with Gasteiger partial charge in [-0.15, -0.1) is 0 Å². The lowest BCUT2D eigenvalue weighted by Crippen LogP contribution is -2.47. The molecule has 0 radical (unpaired) electrons. The molecule has 0 fully saturated rings. The lowest BCUT2D eigenvalue weighted by atomic mass is 10.1. The highest BCUT2D eigenvalue weighted by Gasteiger charge is 2.20. The summed E-state index contributed by atoms with van der Waals surface area (Å²) in [7, 11) is 1.76. The van der Waals surface area contributed by atoms with Gasteiger partial charge in [-0.25, -0.2) is 9.18 Å². The van der Waals surface area contributed by atoms with Crippen molar-refractivity contribution in [1.29, 1.82) is 5.41 Å². The molecular weight excluding hydrogens is 347 g/mol. The van der Waals surface area contributed by atoms with Crippen LogP contribution in [-0.2, 0) is 4.74 Å². The van der Waals surface area contributed by atoms with Crippen molar-refractivity contribution in [2.75, 3.05) is 26.8 Å². The second-order valence-corrected chi connectivity index (χ2v) is 7.87. The summed E-state index contributed by atoms with van der Waals surface area (Å²) in [5.74, 6) is -0.283. The molecule has 2 atom stereocenters. The van der Waals surface area contributed by atoms with Crippen LogP contribution < -0.4 is 5.32 Å². The molecule has 1 unspecified atom stereocenters. The molecule has 0 aromatic heterocycles. The number of hydrogen-bond donors (Lipinski definition) is 2. The van der Waals surface area contributed by atoms with Crippen molar-refractivity contribution >= 4 is 12.3 Å². The van der Waals surface area contributed by atoms with Crippen LogP contribution in [0.15, 0.2) is 24.2 Å². The van der Waals surface area contributed by atoms with Gasteiger partial charge in [-0.05, 0) is 40.0 Å². The van der Waals surface area contributed by atoms with Crippen LogP contribution in [0, 0.1) is 11.3 Å². The van der Waals surface area contributed by atoms with Crippen LogP contribution in [0.3, 0.4) is 0 Å². The van der Waals surface area contributed by atoms with E-state index in [0.29, 0.717) is 25.3 Å². The Bertz CT molecular complexity index is 515. The number of carbonyl (C=O) groups excluding carboxylic acids is 1. The average Bonchev–Trinajstić information content (AvgIpc) is 2.55. The number of rotatable bonds is 11. The Morgan fingerprint density at radius 2 is 1.96 bits per heavy atom. The first-order valence-corrected chi connectivity index (χ1v) is 9.44. The summed E-state index contributed by atoms with van der Waals surface area (Å²) in [4.78, 5) is 15.8. The molecule has 0 rings (SSSR count). The molecule has 156 valence electrons. The van der Waals surface area contributed by atoms with Crippen molar-refractivity contribution < 1.29 is 13.9 Å². The van der Waals surface area contributed by atoms with E-state index in [9.17, 15) is 9.18 Å². The Hall–Kier alpha value is -1.89. The minimum Gasteiger partial charge on any atom is -0.444 e. The number of halogens is 1. The Morgan fingerprint density at radius 3 is 2.48 bits per heavy atom. The molecule has 1 amide bonds. The van der Waals surface area contributed by atoms with Crippen LogP contribution in [0.25, 0.3) is 0 Å². The number of nitrogens with one attached hydrogen (secondary N) is 2. The largest absolute Gasteiger partial charge is 0.444 e. The molecule has 0 aliphatic rings. The second-order valence-electron chi connectivity index (χ2n) is 7.87. The van der Waals surface area contributed by atoms with E-state index in [1.54, 1.807) is 11.9 Å². The van der Waals surface area contributed by atoms with Crippen LogP contribution in [0.5, 0.6) is 0 Å². The number of amides is 1. The van der Waals surface area contributed by atoms with Gasteiger partial charge >= 0.3 is 6.09 Å². The third kappa shape index (κ3) is 13.0. The van der Waals surface area contributed by atoms with E-state index < -0.39 is 17.5 Å². The number of hydrogen-bond acceptors (Lipinski definition) is 5. The van der Waals surface area contributed by atoms with E-state index >= 15 is 0 Å². The molecule has 0 bridgehead atoms. The molecule has 0 heterocycles. The molecule has 0 saturated heterocycles. The first-order chi connectivity index (χ1) is 12.5. The summed E-state index contributed by atoms with van der Waals surface area (Å²) in [6, 6.07) is 0.0221. The van der Waals surface area contributed by atoms with Crippen molar-refractivity contribution in [1.82, 2.24) is 15.1 Å². The van der Waals surface area contributed by atoms with Gasteiger partial charge in [-0.3, -0.25) is 4.90 Å². The van der Waals surface area contributed by atoms with Gasteiger partial charge in [0.1, 0.15) is 5.60 Å². The number of nitrogens with zero attached hydrogens (tertiary/aromatic N) is 2. The molecule has 0 aromatic rings. The molecule has 0 aromatic carbocycles. The van der Waals surface area contributed by atoms with Gasteiger partial charge in [0, 0.05) is 32.4 Å². The molecule has 7 heteroatoms. The summed E-state index contributed by atoms with van der Waals surface area (Å²) in [5, 5.41) is 9.76. The number of ether oxygens (including phenoxy) is 1. The van der Waals surface area contributed by atoms with Crippen molar-refractivity contribution in [3.63, 3.8) is 0 Å². The smallest absolute Gasteiger partial charge is 0.407 e. The fraction of sp³-hybridized carbons (Fsp3) is 0.700. The fourth-order valence-electron chi connectivity index (χ4n) is 2.43. The molecule has 6 nitrogen and oxygen atoms in total. The molecule has 0 aliphatic carbocycles. The Kier molecular flexibility index (Phi) is 11.6. The van der Waals surface area contributed by atoms with Crippen molar-refractivity contribution in [2.24, 2.45) is 5.92 Å². The van der Waals surface area contributed by atoms with Crippen LogP contribution in [-0.4, -0.2) is 60.6 Å². The van der Waals surface area contributed by atoms with Gasteiger partial charge in [0.25, 0.3) is 0 Å². The van der Waals surface area contributed by atoms with E-state index in [-0.39, 0.29) is 6.04 Å². The van der Waals surface area contributed by atoms with Crippen LogP contribution in [0.2, 0.25) is 0 Å². The Labute approximate surface area is 163 Å². The summed E-state index contributed by atoms with van der Waals surface area (Å²) < 4.78 is 18.6. The Morgan fingerprint density at radius 1 is 1.33 bits per heavy atom. The predicted octanol–water partition coefficient (Wildman–Crippen LogP) is 4.15. The zero-order valence-corrected chi connectivity index (χ0v) is 17.9. The topological polar surface area (TPSA) is 68.7 Å². The summed E-state index contributed by atoms with van der Waals surface area (Å²) in [5.41, 5.74) is -0.540. The van der Waals surface area contributed by atoms with E-state index in [1.165, 1.54) is 6.20 Å². The normalized spacial score (nSPS) is 14.9. The first-order valence-electron chi connectivity index (χ1n) is 9.44. The minimum atomic E-state index is -0.601. The van der Waals surface area contributed by atoms with Gasteiger partial charge in [0.05, 0.1) is 12.9 Å². The number of carbonyl (C=O) groups is 1. The summed E-state index contributed by atoms with van der Waals surface area (Å²) in [6.07, 6.45) is 6.80. The molecule has 27 heavy (non-hydrogen) atoms. The lowest BCUT2D eigenvalue weighted by Gasteiger charge is -2.34. The van der Waals surface area contributed by atoms with Crippen LogP contribution in [0.4, 0.5) is 9.18 Å². The zero-order valence-electron chi connectivity index (χ0n) is 17.9. The van der Waals surface area contributed by atoms with E-state index in [4.69, 9.17) is 10.1 Å². The summed E-state index contributed by atoms with van der Waals surface area (Å²) >= 11 is 0. The monoisotopic (exact) mass is 384 g/mol. The zero-order chi connectivity index (χ0) is 21.0. The maximum atomic E-state index is 13.3. The van der Waals surface area contributed by atoms with Gasteiger partial charge in [-0.2, -0.15) is 0 Å². The standard InChI is InChI=1S/C20H37FN4O2/c1-8-9-10-16(2)13-25(15-24(7)14-18(21)11-22)17(3)12-23-19(26)27-20(4,5)6/h9-11,14,16-17,22H,8,12-13,15H2,1-7H3,(H,23,26)/b10-9-,18-14+,22-11?/t16?,17-/m0/s1. The quantitative estimate of drug-likeness (QED) is 0.319. The maximum absolute atomic E-state index is 13.3. The third-order valence-corrected chi connectivity index (χ3v) is 3.67. The highest BCUT2D eigenvalue weighted by Crippen LogP contribution is 2.10. The minimum absolute atomic E-state index is 0.0221. The highest BCUT2D eigenvalue weighted by atomic mass is 19.1. The molecule has 0 spiro atoms. The van der Waals surface area contributed by atoms with Crippen molar-refractivity contribution in [3.8, 4) is 0 Å². The predicted molar refractivity (Wildman–Crippen MR) is 110 cm³/mol.